The van der Waals surface area contributed by atoms with Crippen molar-refractivity contribution in [2.24, 2.45) is 0 Å². The van der Waals surface area contributed by atoms with Crippen molar-refractivity contribution in [3.63, 3.8) is 0 Å². The minimum Gasteiger partial charge on any atom is -0.386 e. The average molecular weight is 325 g/mol. The van der Waals surface area contributed by atoms with Crippen LogP contribution in [-0.4, -0.2) is 38.3 Å². The van der Waals surface area contributed by atoms with Crippen LogP contribution in [0.5, 0.6) is 0 Å². The Hall–Kier alpha value is -1.80. The molecule has 1 aromatic rings. The summed E-state index contributed by atoms with van der Waals surface area (Å²) < 4.78 is 14.2. The number of nitrogens with one attached hydrogen (secondary N) is 2. The lowest BCUT2D eigenvalue weighted by Gasteiger charge is -2.21. The molecule has 128 valence electrons. The number of allylic oxidation sites excluding steroid dienone is 1. The summed E-state index contributed by atoms with van der Waals surface area (Å²) in [5.74, 6) is 0.180. The monoisotopic (exact) mass is 325 g/mol. The predicted octanol–water partition coefficient (Wildman–Crippen LogP) is 2.67. The zero-order chi connectivity index (χ0) is 17.0. The molecule has 7 nitrogen and oxygen atoms in total. The third kappa shape index (κ3) is 4.84. The number of halogens is 1. The fraction of sp³-hybridized carbons (Fsp3) is 0.667. The van der Waals surface area contributed by atoms with Gasteiger partial charge in [0, 0.05) is 12.1 Å². The summed E-state index contributed by atoms with van der Waals surface area (Å²) >= 11 is 0. The van der Waals surface area contributed by atoms with E-state index in [0.29, 0.717) is 37.3 Å². The van der Waals surface area contributed by atoms with Gasteiger partial charge in [0.25, 0.3) is 5.95 Å². The first-order chi connectivity index (χ1) is 10.8. The number of nitrogens with zero attached hydrogens (tertiary/aromatic N) is 3. The van der Waals surface area contributed by atoms with E-state index in [0.717, 1.165) is 0 Å². The molecule has 0 saturated heterocycles. The first kappa shape index (κ1) is 17.6. The molecule has 0 saturated carbocycles. The lowest BCUT2D eigenvalue weighted by atomic mass is 9.96. The van der Waals surface area contributed by atoms with E-state index in [1.54, 1.807) is 0 Å². The molecule has 2 rings (SSSR count). The standard InChI is InChI=1S/C15H24FN5O2/c1-5-17-13-18-12(9-7-6-8-10(22)11(9)16)19-14(20-13)21-23-15(2,3)4/h10,22H,5-8H2,1-4H3,(H2,17,18,19,20,21). The molecule has 8 heteroatoms. The molecule has 0 spiro atoms. The molecule has 1 unspecified atom stereocenters. The lowest BCUT2D eigenvalue weighted by Crippen LogP contribution is -2.24. The van der Waals surface area contributed by atoms with Gasteiger partial charge in [0.15, 0.2) is 5.82 Å². The van der Waals surface area contributed by atoms with Crippen LogP contribution in [0.1, 0.15) is 52.8 Å². The van der Waals surface area contributed by atoms with Crippen LogP contribution < -0.4 is 10.8 Å². The summed E-state index contributed by atoms with van der Waals surface area (Å²) in [7, 11) is 0. The summed E-state index contributed by atoms with van der Waals surface area (Å²) in [6, 6.07) is 0. The van der Waals surface area contributed by atoms with Crippen molar-refractivity contribution in [2.75, 3.05) is 17.3 Å². The Morgan fingerprint density at radius 3 is 2.61 bits per heavy atom. The molecule has 1 heterocycles. The van der Waals surface area contributed by atoms with Crippen molar-refractivity contribution in [1.82, 2.24) is 15.0 Å². The maximum Gasteiger partial charge on any atom is 0.252 e. The smallest absolute Gasteiger partial charge is 0.252 e. The van der Waals surface area contributed by atoms with Crippen LogP contribution in [0.2, 0.25) is 0 Å². The molecule has 0 aliphatic heterocycles. The summed E-state index contributed by atoms with van der Waals surface area (Å²) in [4.78, 5) is 18.1. The highest BCUT2D eigenvalue weighted by Crippen LogP contribution is 2.32. The molecule has 1 aliphatic rings. The van der Waals surface area contributed by atoms with Gasteiger partial charge in [-0.3, -0.25) is 4.84 Å². The fourth-order valence-corrected chi connectivity index (χ4v) is 2.13. The summed E-state index contributed by atoms with van der Waals surface area (Å²) in [6.07, 6.45) is 0.504. The number of anilines is 2. The van der Waals surface area contributed by atoms with Gasteiger partial charge in [-0.25, -0.2) is 9.87 Å². The number of hydrogen-bond donors (Lipinski definition) is 3. The normalized spacial score (nSPS) is 19.0. The van der Waals surface area contributed by atoms with Crippen molar-refractivity contribution in [2.45, 2.75) is 58.7 Å². The van der Waals surface area contributed by atoms with Gasteiger partial charge in [-0.15, -0.1) is 0 Å². The first-order valence-corrected chi connectivity index (χ1v) is 7.81. The van der Waals surface area contributed by atoms with E-state index in [4.69, 9.17) is 4.84 Å². The van der Waals surface area contributed by atoms with E-state index in [9.17, 15) is 9.50 Å². The van der Waals surface area contributed by atoms with Crippen LogP contribution in [0.4, 0.5) is 16.3 Å². The van der Waals surface area contributed by atoms with E-state index < -0.39 is 17.5 Å². The third-order valence-electron chi connectivity index (χ3n) is 3.17. The third-order valence-corrected chi connectivity index (χ3v) is 3.17. The van der Waals surface area contributed by atoms with Crippen LogP contribution in [0.25, 0.3) is 5.57 Å². The second kappa shape index (κ2) is 7.18. The molecule has 0 amide bonds. The minimum absolute atomic E-state index is 0.196. The highest BCUT2D eigenvalue weighted by molar-refractivity contribution is 5.65. The molecule has 0 radical (unpaired) electrons. The zero-order valence-electron chi connectivity index (χ0n) is 14.0. The maximum atomic E-state index is 14.2. The second-order valence-electron chi connectivity index (χ2n) is 6.39. The topological polar surface area (TPSA) is 92.2 Å². The van der Waals surface area contributed by atoms with Crippen LogP contribution in [0, 0.1) is 0 Å². The van der Waals surface area contributed by atoms with Crippen LogP contribution >= 0.6 is 0 Å². The SMILES string of the molecule is CCNc1nc(NOC(C)(C)C)nc(C2=C(F)C(O)CCC2)n1. The summed E-state index contributed by atoms with van der Waals surface area (Å²) in [6.45, 7) is 8.17. The molecular weight excluding hydrogens is 301 g/mol. The van der Waals surface area contributed by atoms with E-state index >= 15 is 0 Å². The Morgan fingerprint density at radius 1 is 1.26 bits per heavy atom. The van der Waals surface area contributed by atoms with Crippen molar-refractivity contribution in [3.05, 3.63) is 11.7 Å². The van der Waals surface area contributed by atoms with Crippen molar-refractivity contribution >= 4 is 17.5 Å². The van der Waals surface area contributed by atoms with Crippen LogP contribution in [-0.2, 0) is 4.84 Å². The van der Waals surface area contributed by atoms with Gasteiger partial charge >= 0.3 is 0 Å². The number of aliphatic hydroxyl groups excluding tert-OH is 1. The highest BCUT2D eigenvalue weighted by atomic mass is 19.1. The molecular formula is C15H24FN5O2. The molecule has 23 heavy (non-hydrogen) atoms. The summed E-state index contributed by atoms with van der Waals surface area (Å²) in [5.41, 5.74) is 2.57. The van der Waals surface area contributed by atoms with Gasteiger partial charge in [-0.1, -0.05) is 0 Å². The van der Waals surface area contributed by atoms with Gasteiger partial charge in [-0.2, -0.15) is 15.0 Å². The molecule has 1 aromatic heterocycles. The summed E-state index contributed by atoms with van der Waals surface area (Å²) in [5, 5.41) is 12.7. The van der Waals surface area contributed by atoms with Gasteiger partial charge in [0.2, 0.25) is 5.95 Å². The van der Waals surface area contributed by atoms with E-state index in [-0.39, 0.29) is 11.8 Å². The Bertz CT molecular complexity index is 586. The Balaban J connectivity index is 2.35. The van der Waals surface area contributed by atoms with E-state index in [2.05, 4.69) is 25.7 Å². The van der Waals surface area contributed by atoms with Gasteiger partial charge in [0.1, 0.15) is 11.9 Å². The number of aliphatic hydroxyl groups is 1. The highest BCUT2D eigenvalue weighted by Gasteiger charge is 2.25. The minimum atomic E-state index is -1.08. The maximum absolute atomic E-state index is 14.2. The Kier molecular flexibility index (Phi) is 5.48. The number of rotatable bonds is 5. The van der Waals surface area contributed by atoms with Gasteiger partial charge in [0.05, 0.1) is 5.60 Å². The Labute approximate surface area is 135 Å². The van der Waals surface area contributed by atoms with Gasteiger partial charge in [-0.05, 0) is 47.0 Å². The Morgan fingerprint density at radius 2 is 1.96 bits per heavy atom. The lowest BCUT2D eigenvalue weighted by molar-refractivity contribution is 0.0358. The molecule has 1 aliphatic carbocycles. The molecule has 0 aromatic carbocycles. The van der Waals surface area contributed by atoms with Crippen molar-refractivity contribution < 1.29 is 14.3 Å². The molecule has 0 bridgehead atoms. The van der Waals surface area contributed by atoms with E-state index in [1.165, 1.54) is 0 Å². The van der Waals surface area contributed by atoms with Crippen molar-refractivity contribution in [3.8, 4) is 0 Å². The fourth-order valence-electron chi connectivity index (χ4n) is 2.13. The molecule has 1 atom stereocenters. The average Bonchev–Trinajstić information content (AvgIpc) is 2.47. The predicted molar refractivity (Wildman–Crippen MR) is 86.3 cm³/mol. The van der Waals surface area contributed by atoms with Crippen LogP contribution in [0.3, 0.4) is 0 Å². The zero-order valence-corrected chi connectivity index (χ0v) is 14.0. The van der Waals surface area contributed by atoms with E-state index in [1.807, 2.05) is 27.7 Å². The first-order valence-electron chi connectivity index (χ1n) is 7.81. The number of aromatic nitrogens is 3. The van der Waals surface area contributed by atoms with Crippen molar-refractivity contribution in [1.29, 1.82) is 0 Å². The second-order valence-corrected chi connectivity index (χ2v) is 6.39. The van der Waals surface area contributed by atoms with Gasteiger partial charge < -0.3 is 10.4 Å². The molecule has 3 N–H and O–H groups in total. The quantitative estimate of drug-likeness (QED) is 0.717. The molecule has 0 fully saturated rings. The van der Waals surface area contributed by atoms with Crippen LogP contribution in [0.15, 0.2) is 5.83 Å². The number of hydrogen-bond acceptors (Lipinski definition) is 7. The largest absolute Gasteiger partial charge is 0.386 e.